The van der Waals surface area contributed by atoms with Gasteiger partial charge in [-0.05, 0) is 22.7 Å². The highest BCUT2D eigenvalue weighted by Gasteiger charge is 2.66. The van der Waals surface area contributed by atoms with Crippen LogP contribution < -0.4 is 0 Å². The number of nitrogens with zero attached hydrogens (tertiary/aromatic N) is 1. The molecule has 0 aromatic heterocycles. The Morgan fingerprint density at radius 2 is 1.75 bits per heavy atom. The van der Waals surface area contributed by atoms with E-state index in [0.29, 0.717) is 11.8 Å². The van der Waals surface area contributed by atoms with E-state index in [9.17, 15) is 0 Å². The van der Waals surface area contributed by atoms with Crippen LogP contribution in [-0.4, -0.2) is 0 Å². The molecule has 0 aromatic rings. The Morgan fingerprint density at radius 3 is 1.83 bits per heavy atom. The van der Waals surface area contributed by atoms with Crippen LogP contribution in [-0.2, 0) is 0 Å². The lowest BCUT2D eigenvalue weighted by Gasteiger charge is -2.32. The topological polar surface area (TPSA) is 23.8 Å². The Morgan fingerprint density at radius 1 is 1.33 bits per heavy atom. The van der Waals surface area contributed by atoms with Crippen molar-refractivity contribution in [3.05, 3.63) is 0 Å². The van der Waals surface area contributed by atoms with Gasteiger partial charge in [-0.15, -0.1) is 0 Å². The molecule has 1 rings (SSSR count). The Kier molecular flexibility index (Phi) is 1.80. The fourth-order valence-corrected chi connectivity index (χ4v) is 2.69. The fraction of sp³-hybridized carbons (Fsp3) is 0.909. The maximum Gasteiger partial charge on any atom is 0.0628 e. The zero-order valence-electron chi connectivity index (χ0n) is 8.86. The second kappa shape index (κ2) is 2.25. The zero-order valence-corrected chi connectivity index (χ0v) is 8.86. The molecule has 12 heavy (non-hydrogen) atoms. The highest BCUT2D eigenvalue weighted by atomic mass is 14.7. The first-order valence-corrected chi connectivity index (χ1v) is 4.64. The summed E-state index contributed by atoms with van der Waals surface area (Å²) in [6.45, 7) is 11.3. The Bertz CT molecular complexity index is 226. The number of hydrogen-bond acceptors (Lipinski definition) is 1. The van der Waals surface area contributed by atoms with Gasteiger partial charge in [0.05, 0.1) is 6.07 Å². The summed E-state index contributed by atoms with van der Waals surface area (Å²) in [6, 6.07) is 2.33. The molecule has 0 amide bonds. The number of rotatable bonds is 1. The van der Waals surface area contributed by atoms with E-state index in [0.717, 1.165) is 0 Å². The van der Waals surface area contributed by atoms with E-state index < -0.39 is 0 Å². The third-order valence-electron chi connectivity index (χ3n) is 3.73. The van der Waals surface area contributed by atoms with Crippen molar-refractivity contribution >= 4 is 0 Å². The molecule has 1 saturated carbocycles. The van der Waals surface area contributed by atoms with E-state index in [1.165, 1.54) is 6.42 Å². The van der Waals surface area contributed by atoms with Gasteiger partial charge in [0.1, 0.15) is 0 Å². The molecule has 0 aliphatic heterocycles. The highest BCUT2D eigenvalue weighted by molar-refractivity contribution is 5.17. The van der Waals surface area contributed by atoms with Crippen LogP contribution in [0.5, 0.6) is 0 Å². The molecule has 68 valence electrons. The second-order valence-electron chi connectivity index (χ2n) is 5.73. The van der Waals surface area contributed by atoms with Crippen molar-refractivity contribution in [2.75, 3.05) is 0 Å². The summed E-state index contributed by atoms with van der Waals surface area (Å²) in [5.74, 6) is 0. The van der Waals surface area contributed by atoms with Crippen molar-refractivity contribution in [2.45, 2.75) is 47.5 Å². The zero-order chi connectivity index (χ0) is 9.62. The van der Waals surface area contributed by atoms with E-state index in [-0.39, 0.29) is 10.8 Å². The third kappa shape index (κ3) is 1.05. The summed E-state index contributed by atoms with van der Waals surface area (Å²) < 4.78 is 0. The molecule has 1 atom stereocenters. The van der Waals surface area contributed by atoms with Crippen LogP contribution in [0.25, 0.3) is 0 Å². The van der Waals surface area contributed by atoms with Gasteiger partial charge in [-0.25, -0.2) is 0 Å². The van der Waals surface area contributed by atoms with Gasteiger partial charge in [-0.3, -0.25) is 0 Å². The predicted octanol–water partition coefficient (Wildman–Crippen LogP) is 3.36. The molecular formula is C11H19N. The number of nitriles is 1. The standard InChI is InChI=1S/C11H19N/c1-9(2,3)11(6-7-12)8-10(11,4)5/h6,8H2,1-5H3. The Balaban J connectivity index is 2.89. The summed E-state index contributed by atoms with van der Waals surface area (Å²) in [5, 5.41) is 8.79. The SMILES string of the molecule is CC(C)(C)C1(CC#N)CC1(C)C. The first-order chi connectivity index (χ1) is 5.27. The van der Waals surface area contributed by atoms with Gasteiger partial charge in [0.25, 0.3) is 0 Å². The molecule has 0 radical (unpaired) electrons. The molecule has 1 heteroatoms. The molecule has 0 bridgehead atoms. The molecule has 0 heterocycles. The lowest BCUT2D eigenvalue weighted by Crippen LogP contribution is -2.26. The van der Waals surface area contributed by atoms with Gasteiger partial charge in [0.2, 0.25) is 0 Å². The monoisotopic (exact) mass is 165 g/mol. The van der Waals surface area contributed by atoms with Crippen LogP contribution in [0.2, 0.25) is 0 Å². The maximum absolute atomic E-state index is 8.79. The van der Waals surface area contributed by atoms with Crippen molar-refractivity contribution in [3.8, 4) is 6.07 Å². The van der Waals surface area contributed by atoms with Crippen LogP contribution in [0.3, 0.4) is 0 Å². The van der Waals surface area contributed by atoms with Gasteiger partial charge in [0.15, 0.2) is 0 Å². The third-order valence-corrected chi connectivity index (χ3v) is 3.73. The first-order valence-electron chi connectivity index (χ1n) is 4.64. The summed E-state index contributed by atoms with van der Waals surface area (Å²) in [5.41, 5.74) is 0.919. The fourth-order valence-electron chi connectivity index (χ4n) is 2.69. The van der Waals surface area contributed by atoms with E-state index in [2.05, 4.69) is 40.7 Å². The molecule has 0 saturated heterocycles. The van der Waals surface area contributed by atoms with Gasteiger partial charge in [-0.2, -0.15) is 5.26 Å². The first kappa shape index (κ1) is 9.58. The van der Waals surface area contributed by atoms with E-state index in [4.69, 9.17) is 5.26 Å². The summed E-state index contributed by atoms with van der Waals surface area (Å²) in [4.78, 5) is 0. The van der Waals surface area contributed by atoms with Crippen molar-refractivity contribution in [1.29, 1.82) is 5.26 Å². The largest absolute Gasteiger partial charge is 0.198 e. The van der Waals surface area contributed by atoms with Gasteiger partial charge in [0, 0.05) is 6.42 Å². The lowest BCUT2D eigenvalue weighted by atomic mass is 9.71. The number of hydrogen-bond donors (Lipinski definition) is 0. The van der Waals surface area contributed by atoms with Crippen LogP contribution in [0.15, 0.2) is 0 Å². The summed E-state index contributed by atoms with van der Waals surface area (Å²) in [6.07, 6.45) is 1.92. The molecule has 1 nitrogen and oxygen atoms in total. The minimum atomic E-state index is 0.270. The molecule has 0 aromatic carbocycles. The molecule has 1 fully saturated rings. The Hall–Kier alpha value is -0.510. The Labute approximate surface area is 75.8 Å². The van der Waals surface area contributed by atoms with Crippen molar-refractivity contribution in [2.24, 2.45) is 16.2 Å². The quantitative estimate of drug-likeness (QED) is 0.584. The smallest absolute Gasteiger partial charge is 0.0628 e. The van der Waals surface area contributed by atoms with E-state index >= 15 is 0 Å². The van der Waals surface area contributed by atoms with Crippen LogP contribution in [0.1, 0.15) is 47.5 Å². The molecule has 0 spiro atoms. The molecule has 1 aliphatic carbocycles. The molecule has 0 N–H and O–H groups in total. The second-order valence-corrected chi connectivity index (χ2v) is 5.73. The van der Waals surface area contributed by atoms with E-state index in [1.54, 1.807) is 0 Å². The lowest BCUT2D eigenvalue weighted by molar-refractivity contribution is 0.168. The van der Waals surface area contributed by atoms with Crippen LogP contribution in [0, 0.1) is 27.6 Å². The normalized spacial score (nSPS) is 32.7. The highest BCUT2D eigenvalue weighted by Crippen LogP contribution is 2.73. The molecular weight excluding hydrogens is 146 g/mol. The van der Waals surface area contributed by atoms with Crippen LogP contribution in [0.4, 0.5) is 0 Å². The van der Waals surface area contributed by atoms with Crippen molar-refractivity contribution in [3.63, 3.8) is 0 Å². The predicted molar refractivity (Wildman–Crippen MR) is 50.5 cm³/mol. The molecule has 1 aliphatic rings. The average Bonchev–Trinajstić information content (AvgIpc) is 2.34. The summed E-state index contributed by atoms with van der Waals surface area (Å²) in [7, 11) is 0. The van der Waals surface area contributed by atoms with Crippen LogP contribution >= 0.6 is 0 Å². The van der Waals surface area contributed by atoms with Gasteiger partial charge in [-0.1, -0.05) is 34.6 Å². The van der Waals surface area contributed by atoms with Gasteiger partial charge < -0.3 is 0 Å². The summed E-state index contributed by atoms with van der Waals surface area (Å²) >= 11 is 0. The van der Waals surface area contributed by atoms with Crippen molar-refractivity contribution in [1.82, 2.24) is 0 Å². The minimum absolute atomic E-state index is 0.270. The molecule has 1 unspecified atom stereocenters. The average molecular weight is 165 g/mol. The minimum Gasteiger partial charge on any atom is -0.198 e. The van der Waals surface area contributed by atoms with E-state index in [1.807, 2.05) is 0 Å². The maximum atomic E-state index is 8.79. The van der Waals surface area contributed by atoms with Gasteiger partial charge >= 0.3 is 0 Å². The van der Waals surface area contributed by atoms with Crippen molar-refractivity contribution < 1.29 is 0 Å².